The molecule has 3 aromatic heterocycles. The lowest BCUT2D eigenvalue weighted by atomic mass is 10.2. The van der Waals surface area contributed by atoms with Crippen LogP contribution in [0.4, 0.5) is 0 Å². The van der Waals surface area contributed by atoms with Gasteiger partial charge in [-0.05, 0) is 6.42 Å². The monoisotopic (exact) mass is 277 g/mol. The fourth-order valence-electron chi connectivity index (χ4n) is 1.61. The normalized spacial score (nSPS) is 11.0. The van der Waals surface area contributed by atoms with Gasteiger partial charge in [0.25, 0.3) is 0 Å². The average molecular weight is 277 g/mol. The smallest absolute Gasteiger partial charge is 0.227 e. The molecular weight excluding hydrogens is 266 g/mol. The van der Waals surface area contributed by atoms with Gasteiger partial charge in [-0.15, -0.1) is 11.3 Å². The summed E-state index contributed by atoms with van der Waals surface area (Å²) in [6, 6.07) is 0. The molecule has 0 aliphatic carbocycles. The lowest BCUT2D eigenvalue weighted by Gasteiger charge is -1.90. The first kappa shape index (κ1) is 12.0. The van der Waals surface area contributed by atoms with E-state index in [0.29, 0.717) is 36.3 Å². The molecule has 0 aliphatic rings. The minimum absolute atomic E-state index is 0.414. The number of aryl methyl sites for hydroxylation is 3. The quantitative estimate of drug-likeness (QED) is 0.699. The maximum Gasteiger partial charge on any atom is 0.227 e. The first-order valence-electron chi connectivity index (χ1n) is 5.77. The number of rotatable bonds is 5. The van der Waals surface area contributed by atoms with E-state index in [4.69, 9.17) is 9.05 Å². The summed E-state index contributed by atoms with van der Waals surface area (Å²) >= 11 is 1.58. The number of thiazole rings is 1. The van der Waals surface area contributed by atoms with Crippen molar-refractivity contribution < 1.29 is 9.05 Å². The van der Waals surface area contributed by atoms with E-state index in [-0.39, 0.29) is 0 Å². The highest BCUT2D eigenvalue weighted by Gasteiger charge is 2.11. The molecular formula is C11H11N5O2S. The second-order valence-electron chi connectivity index (χ2n) is 3.99. The van der Waals surface area contributed by atoms with Crippen LogP contribution in [0.5, 0.6) is 0 Å². The minimum Gasteiger partial charge on any atom is -0.340 e. The van der Waals surface area contributed by atoms with Crippen LogP contribution in [0.2, 0.25) is 0 Å². The van der Waals surface area contributed by atoms with Crippen LogP contribution >= 0.6 is 11.3 Å². The number of hydrogen-bond donors (Lipinski definition) is 0. The van der Waals surface area contributed by atoms with Gasteiger partial charge >= 0.3 is 0 Å². The Labute approximate surface area is 112 Å². The SMILES string of the molecule is Cc1nc(Cc2noc(CCc3cscn3)n2)no1. The maximum atomic E-state index is 5.17. The molecule has 3 aromatic rings. The van der Waals surface area contributed by atoms with Crippen LogP contribution in [-0.4, -0.2) is 25.3 Å². The molecule has 98 valence electrons. The van der Waals surface area contributed by atoms with Crippen LogP contribution in [0.1, 0.15) is 29.1 Å². The minimum atomic E-state index is 0.414. The van der Waals surface area contributed by atoms with Gasteiger partial charge < -0.3 is 9.05 Å². The number of hydrogen-bond acceptors (Lipinski definition) is 8. The summed E-state index contributed by atoms with van der Waals surface area (Å²) in [5.74, 6) is 2.25. The topological polar surface area (TPSA) is 90.7 Å². The van der Waals surface area contributed by atoms with E-state index < -0.39 is 0 Å². The maximum absolute atomic E-state index is 5.17. The van der Waals surface area contributed by atoms with Gasteiger partial charge in [-0.1, -0.05) is 10.3 Å². The van der Waals surface area contributed by atoms with Crippen molar-refractivity contribution in [3.05, 3.63) is 40.0 Å². The summed E-state index contributed by atoms with van der Waals surface area (Å²) in [6.45, 7) is 1.74. The van der Waals surface area contributed by atoms with Crippen molar-refractivity contribution in [2.45, 2.75) is 26.2 Å². The Hall–Kier alpha value is -2.09. The molecule has 0 aromatic carbocycles. The molecule has 7 nitrogen and oxygen atoms in total. The largest absolute Gasteiger partial charge is 0.340 e. The van der Waals surface area contributed by atoms with E-state index in [1.54, 1.807) is 18.3 Å². The third-order valence-electron chi connectivity index (χ3n) is 2.47. The van der Waals surface area contributed by atoms with Crippen LogP contribution in [0.3, 0.4) is 0 Å². The summed E-state index contributed by atoms with van der Waals surface area (Å²) in [4.78, 5) is 12.6. The van der Waals surface area contributed by atoms with Crippen molar-refractivity contribution >= 4 is 11.3 Å². The highest BCUT2D eigenvalue weighted by molar-refractivity contribution is 7.07. The van der Waals surface area contributed by atoms with Crippen molar-refractivity contribution in [1.29, 1.82) is 0 Å². The molecule has 0 radical (unpaired) electrons. The van der Waals surface area contributed by atoms with E-state index in [0.717, 1.165) is 12.1 Å². The standard InChI is InChI=1S/C11H11N5O2S/c1-7-13-9(15-17-7)4-10-14-11(18-16-10)3-2-8-5-19-6-12-8/h5-6H,2-4H2,1H3. The zero-order valence-corrected chi connectivity index (χ0v) is 11.1. The zero-order chi connectivity index (χ0) is 13.1. The molecule has 0 N–H and O–H groups in total. The zero-order valence-electron chi connectivity index (χ0n) is 10.2. The second kappa shape index (κ2) is 5.27. The highest BCUT2D eigenvalue weighted by atomic mass is 32.1. The summed E-state index contributed by atoms with van der Waals surface area (Å²) in [6.07, 6.45) is 1.89. The molecule has 8 heteroatoms. The number of nitrogens with zero attached hydrogens (tertiary/aromatic N) is 5. The lowest BCUT2D eigenvalue weighted by molar-refractivity contribution is 0.372. The van der Waals surface area contributed by atoms with Crippen LogP contribution in [0, 0.1) is 6.92 Å². The van der Waals surface area contributed by atoms with Crippen LogP contribution < -0.4 is 0 Å². The molecule has 19 heavy (non-hydrogen) atoms. The molecule has 3 heterocycles. The Morgan fingerprint density at radius 3 is 2.68 bits per heavy atom. The van der Waals surface area contributed by atoms with Crippen LogP contribution in [-0.2, 0) is 19.3 Å². The Balaban J connectivity index is 1.60. The molecule has 0 bridgehead atoms. The van der Waals surface area contributed by atoms with E-state index in [9.17, 15) is 0 Å². The highest BCUT2D eigenvalue weighted by Crippen LogP contribution is 2.08. The molecule has 3 rings (SSSR count). The number of aromatic nitrogens is 5. The molecule has 0 spiro atoms. The molecule has 0 saturated carbocycles. The van der Waals surface area contributed by atoms with E-state index in [2.05, 4.69) is 25.3 Å². The van der Waals surface area contributed by atoms with Gasteiger partial charge in [-0.2, -0.15) is 9.97 Å². The fourth-order valence-corrected chi connectivity index (χ4v) is 2.21. The summed E-state index contributed by atoms with van der Waals surface area (Å²) < 4.78 is 10.1. The van der Waals surface area contributed by atoms with E-state index in [1.165, 1.54) is 0 Å². The summed E-state index contributed by atoms with van der Waals surface area (Å²) in [5, 5.41) is 9.70. The van der Waals surface area contributed by atoms with Crippen LogP contribution in [0.15, 0.2) is 19.9 Å². The molecule has 0 aliphatic heterocycles. The van der Waals surface area contributed by atoms with Gasteiger partial charge in [-0.25, -0.2) is 4.98 Å². The molecule has 0 unspecified atom stereocenters. The first-order chi connectivity index (χ1) is 9.29. The molecule has 0 fully saturated rings. The van der Waals surface area contributed by atoms with Gasteiger partial charge in [0, 0.05) is 18.7 Å². The van der Waals surface area contributed by atoms with Crippen molar-refractivity contribution in [1.82, 2.24) is 25.3 Å². The van der Waals surface area contributed by atoms with Gasteiger partial charge in [0.15, 0.2) is 11.6 Å². The van der Waals surface area contributed by atoms with Gasteiger partial charge in [0.2, 0.25) is 11.8 Å². The Bertz CT molecular complexity index is 646. The predicted octanol–water partition coefficient (Wildman–Crippen LogP) is 1.59. The predicted molar refractivity (Wildman–Crippen MR) is 65.7 cm³/mol. The van der Waals surface area contributed by atoms with Crippen molar-refractivity contribution in [2.24, 2.45) is 0 Å². The van der Waals surface area contributed by atoms with Gasteiger partial charge in [0.05, 0.1) is 17.6 Å². The lowest BCUT2D eigenvalue weighted by Crippen LogP contribution is -1.95. The molecule has 0 atom stereocenters. The van der Waals surface area contributed by atoms with Gasteiger partial charge in [-0.3, -0.25) is 0 Å². The van der Waals surface area contributed by atoms with Crippen LogP contribution in [0.25, 0.3) is 0 Å². The third kappa shape index (κ3) is 3.02. The molecule has 0 amide bonds. The van der Waals surface area contributed by atoms with E-state index in [1.807, 2.05) is 10.9 Å². The second-order valence-corrected chi connectivity index (χ2v) is 4.71. The Morgan fingerprint density at radius 2 is 1.95 bits per heavy atom. The van der Waals surface area contributed by atoms with E-state index >= 15 is 0 Å². The Kier molecular flexibility index (Phi) is 3.32. The molecule has 0 saturated heterocycles. The summed E-state index contributed by atoms with van der Waals surface area (Å²) in [5.41, 5.74) is 2.85. The average Bonchev–Trinajstić information content (AvgIpc) is 3.10. The van der Waals surface area contributed by atoms with Gasteiger partial charge in [0.1, 0.15) is 0 Å². The van der Waals surface area contributed by atoms with Crippen molar-refractivity contribution in [3.63, 3.8) is 0 Å². The van der Waals surface area contributed by atoms with Crippen molar-refractivity contribution in [3.8, 4) is 0 Å². The Morgan fingerprint density at radius 1 is 1.11 bits per heavy atom. The summed E-state index contributed by atoms with van der Waals surface area (Å²) in [7, 11) is 0. The third-order valence-corrected chi connectivity index (χ3v) is 3.11. The first-order valence-corrected chi connectivity index (χ1v) is 6.71. The van der Waals surface area contributed by atoms with Crippen molar-refractivity contribution in [2.75, 3.05) is 0 Å². The fraction of sp³-hybridized carbons (Fsp3) is 0.364.